The number of aryl methyl sites for hydroxylation is 4. The molecule has 1 fully saturated rings. The lowest BCUT2D eigenvalue weighted by molar-refractivity contribution is -0.116. The van der Waals surface area contributed by atoms with E-state index in [0.29, 0.717) is 17.8 Å². The average Bonchev–Trinajstić information content (AvgIpc) is 3.30. The number of nitrogens with zero attached hydrogens (tertiary/aromatic N) is 3. The van der Waals surface area contributed by atoms with Gasteiger partial charge in [-0.25, -0.2) is 4.98 Å². The van der Waals surface area contributed by atoms with Crippen molar-refractivity contribution in [3.63, 3.8) is 0 Å². The molecule has 0 saturated carbocycles. The van der Waals surface area contributed by atoms with E-state index in [0.717, 1.165) is 58.0 Å². The summed E-state index contributed by atoms with van der Waals surface area (Å²) < 4.78 is 1.57. The Bertz CT molecular complexity index is 1150. The number of anilines is 1. The summed E-state index contributed by atoms with van der Waals surface area (Å²) >= 11 is 1.56. The standard InChI is InChI=1S/C23H28N4O2S/c1-14-8-7-9-15(2)21(14)25-19(28)13-27-18(12-26-10-5-6-11-26)24-22-20(23(27)29)16(3)17(4)30-22/h7-9H,5-6,10-13H2,1-4H3,(H,25,28). The smallest absolute Gasteiger partial charge is 0.263 e. The second-order valence-corrected chi connectivity index (χ2v) is 9.38. The normalized spacial score (nSPS) is 14.5. The molecule has 0 bridgehead atoms. The summed E-state index contributed by atoms with van der Waals surface area (Å²) in [5.74, 6) is 0.468. The second kappa shape index (κ2) is 8.32. The summed E-state index contributed by atoms with van der Waals surface area (Å²) in [4.78, 5) is 35.4. The van der Waals surface area contributed by atoms with E-state index < -0.39 is 0 Å². The number of fused-ring (bicyclic) bond motifs is 1. The highest BCUT2D eigenvalue weighted by atomic mass is 32.1. The average molecular weight is 425 g/mol. The molecule has 0 aliphatic carbocycles. The number of para-hydroxylation sites is 1. The molecule has 7 heteroatoms. The fraction of sp³-hybridized carbons (Fsp3) is 0.435. The summed E-state index contributed by atoms with van der Waals surface area (Å²) in [7, 11) is 0. The Morgan fingerprint density at radius 3 is 2.47 bits per heavy atom. The van der Waals surface area contributed by atoms with Crippen molar-refractivity contribution in [3.8, 4) is 0 Å². The van der Waals surface area contributed by atoms with Crippen molar-refractivity contribution in [3.05, 3.63) is 55.9 Å². The minimum Gasteiger partial charge on any atom is -0.324 e. The molecule has 3 heterocycles. The van der Waals surface area contributed by atoms with Gasteiger partial charge in [0.1, 0.15) is 17.2 Å². The third-order valence-corrected chi connectivity index (χ3v) is 7.08. The molecule has 1 amide bonds. The molecule has 0 unspecified atom stereocenters. The minimum absolute atomic E-state index is 0.0347. The van der Waals surface area contributed by atoms with Crippen molar-refractivity contribution >= 4 is 33.1 Å². The molecule has 0 radical (unpaired) electrons. The zero-order valence-corrected chi connectivity index (χ0v) is 18.9. The molecular weight excluding hydrogens is 396 g/mol. The molecule has 30 heavy (non-hydrogen) atoms. The van der Waals surface area contributed by atoms with Crippen molar-refractivity contribution in [2.24, 2.45) is 0 Å². The van der Waals surface area contributed by atoms with Crippen molar-refractivity contribution in [1.82, 2.24) is 14.5 Å². The summed E-state index contributed by atoms with van der Waals surface area (Å²) in [6.45, 7) is 10.5. The van der Waals surface area contributed by atoms with E-state index in [9.17, 15) is 9.59 Å². The molecule has 6 nitrogen and oxygen atoms in total. The van der Waals surface area contributed by atoms with Crippen molar-refractivity contribution in [2.45, 2.75) is 53.6 Å². The lowest BCUT2D eigenvalue weighted by atomic mass is 10.1. The van der Waals surface area contributed by atoms with E-state index in [4.69, 9.17) is 4.98 Å². The van der Waals surface area contributed by atoms with Crippen LogP contribution >= 0.6 is 11.3 Å². The van der Waals surface area contributed by atoms with Crippen LogP contribution in [0.25, 0.3) is 10.2 Å². The van der Waals surface area contributed by atoms with Crippen molar-refractivity contribution < 1.29 is 4.79 Å². The molecule has 4 rings (SSSR count). The van der Waals surface area contributed by atoms with E-state index >= 15 is 0 Å². The minimum atomic E-state index is -0.206. The van der Waals surface area contributed by atoms with Crippen LogP contribution in [-0.2, 0) is 17.9 Å². The Kier molecular flexibility index (Phi) is 5.75. The van der Waals surface area contributed by atoms with Crippen LogP contribution in [0.15, 0.2) is 23.0 Å². The van der Waals surface area contributed by atoms with Crippen LogP contribution in [0.4, 0.5) is 5.69 Å². The number of hydrogen-bond donors (Lipinski definition) is 1. The number of amides is 1. The van der Waals surface area contributed by atoms with Crippen LogP contribution < -0.4 is 10.9 Å². The number of carbonyl (C=O) groups excluding carboxylic acids is 1. The van der Waals surface area contributed by atoms with Gasteiger partial charge in [0.15, 0.2) is 0 Å². The van der Waals surface area contributed by atoms with Gasteiger partial charge in [-0.3, -0.25) is 19.1 Å². The van der Waals surface area contributed by atoms with Gasteiger partial charge in [-0.15, -0.1) is 11.3 Å². The van der Waals surface area contributed by atoms with Gasteiger partial charge in [0, 0.05) is 10.6 Å². The molecule has 0 spiro atoms. The predicted octanol–water partition coefficient (Wildman–Crippen LogP) is 3.93. The topological polar surface area (TPSA) is 67.2 Å². The van der Waals surface area contributed by atoms with Gasteiger partial charge in [-0.1, -0.05) is 18.2 Å². The van der Waals surface area contributed by atoms with Gasteiger partial charge < -0.3 is 5.32 Å². The monoisotopic (exact) mass is 424 g/mol. The maximum Gasteiger partial charge on any atom is 0.263 e. The quantitative estimate of drug-likeness (QED) is 0.674. The summed E-state index contributed by atoms with van der Waals surface area (Å²) in [5.41, 5.74) is 3.67. The number of likely N-dealkylation sites (tertiary alicyclic amines) is 1. The number of thiophene rings is 1. The number of benzene rings is 1. The number of aromatic nitrogens is 2. The van der Waals surface area contributed by atoms with Crippen LogP contribution in [0, 0.1) is 27.7 Å². The molecule has 1 N–H and O–H groups in total. The maximum atomic E-state index is 13.4. The molecule has 2 aromatic heterocycles. The highest BCUT2D eigenvalue weighted by Gasteiger charge is 2.21. The highest BCUT2D eigenvalue weighted by molar-refractivity contribution is 7.18. The van der Waals surface area contributed by atoms with E-state index in [-0.39, 0.29) is 18.0 Å². The van der Waals surface area contributed by atoms with Crippen molar-refractivity contribution in [1.29, 1.82) is 0 Å². The van der Waals surface area contributed by atoms with Gasteiger partial charge in [0.25, 0.3) is 5.56 Å². The molecule has 1 aromatic carbocycles. The molecule has 1 saturated heterocycles. The van der Waals surface area contributed by atoms with Gasteiger partial charge in [-0.05, 0) is 70.3 Å². The largest absolute Gasteiger partial charge is 0.324 e. The van der Waals surface area contributed by atoms with Crippen LogP contribution in [0.1, 0.15) is 40.2 Å². The molecule has 158 valence electrons. The SMILES string of the molecule is Cc1cccc(C)c1NC(=O)Cn1c(CN2CCCC2)nc2sc(C)c(C)c2c1=O. The van der Waals surface area contributed by atoms with Gasteiger partial charge in [0.05, 0.1) is 11.9 Å². The number of hydrogen-bond acceptors (Lipinski definition) is 5. The zero-order chi connectivity index (χ0) is 21.4. The molecule has 0 atom stereocenters. The van der Waals surface area contributed by atoms with E-state index in [1.165, 1.54) is 0 Å². The van der Waals surface area contributed by atoms with Gasteiger partial charge >= 0.3 is 0 Å². The Morgan fingerprint density at radius 1 is 1.13 bits per heavy atom. The predicted molar refractivity (Wildman–Crippen MR) is 122 cm³/mol. The fourth-order valence-corrected chi connectivity index (χ4v) is 5.17. The first-order valence-corrected chi connectivity index (χ1v) is 11.2. The molecule has 1 aliphatic rings. The first-order valence-electron chi connectivity index (χ1n) is 10.4. The van der Waals surface area contributed by atoms with Crippen LogP contribution in [0.2, 0.25) is 0 Å². The van der Waals surface area contributed by atoms with Crippen molar-refractivity contribution in [2.75, 3.05) is 18.4 Å². The lowest BCUT2D eigenvalue weighted by Crippen LogP contribution is -2.33. The second-order valence-electron chi connectivity index (χ2n) is 8.18. The summed E-state index contributed by atoms with van der Waals surface area (Å²) in [6.07, 6.45) is 2.33. The third kappa shape index (κ3) is 3.91. The lowest BCUT2D eigenvalue weighted by Gasteiger charge is -2.18. The number of rotatable bonds is 5. The summed E-state index contributed by atoms with van der Waals surface area (Å²) in [5, 5.41) is 3.65. The zero-order valence-electron chi connectivity index (χ0n) is 18.0. The van der Waals surface area contributed by atoms with E-state index in [1.54, 1.807) is 15.9 Å². The van der Waals surface area contributed by atoms with Crippen LogP contribution in [0.5, 0.6) is 0 Å². The Labute approximate surface area is 180 Å². The van der Waals surface area contributed by atoms with E-state index in [2.05, 4.69) is 10.2 Å². The summed E-state index contributed by atoms with van der Waals surface area (Å²) in [6, 6.07) is 5.91. The first kappa shape index (κ1) is 20.8. The van der Waals surface area contributed by atoms with Crippen LogP contribution in [-0.4, -0.2) is 33.4 Å². The Morgan fingerprint density at radius 2 is 1.80 bits per heavy atom. The highest BCUT2D eigenvalue weighted by Crippen LogP contribution is 2.27. The van der Waals surface area contributed by atoms with Gasteiger partial charge in [-0.2, -0.15) is 0 Å². The molecule has 3 aromatic rings. The first-order chi connectivity index (χ1) is 14.3. The number of nitrogens with one attached hydrogen (secondary N) is 1. The maximum absolute atomic E-state index is 13.4. The van der Waals surface area contributed by atoms with Gasteiger partial charge in [0.2, 0.25) is 5.91 Å². The Balaban J connectivity index is 1.72. The fourth-order valence-electron chi connectivity index (χ4n) is 4.13. The third-order valence-electron chi connectivity index (χ3n) is 5.98. The van der Waals surface area contributed by atoms with E-state index in [1.807, 2.05) is 45.9 Å². The number of carbonyl (C=O) groups is 1. The Hall–Kier alpha value is -2.51. The molecular formula is C23H28N4O2S. The molecule has 1 aliphatic heterocycles. The van der Waals surface area contributed by atoms with Crippen LogP contribution in [0.3, 0.4) is 0 Å².